The maximum absolute atomic E-state index is 14.9. The van der Waals surface area contributed by atoms with Crippen LogP contribution in [0.1, 0.15) is 12.5 Å². The number of urea groups is 1. The van der Waals surface area contributed by atoms with Gasteiger partial charge >= 0.3 is 12.4 Å². The predicted molar refractivity (Wildman–Crippen MR) is 126 cm³/mol. The average molecular weight is 498 g/mol. The van der Waals surface area contributed by atoms with Crippen LogP contribution in [0, 0.1) is 5.82 Å². The molecule has 3 N–H and O–H groups in total. The van der Waals surface area contributed by atoms with Gasteiger partial charge in [0.1, 0.15) is 18.2 Å². The number of aliphatic imine (C=N–C) groups is 1. The maximum atomic E-state index is 14.9. The quantitative estimate of drug-likeness (QED) is 0.209. The van der Waals surface area contributed by atoms with Crippen LogP contribution < -0.4 is 20.7 Å². The van der Waals surface area contributed by atoms with E-state index < -0.39 is 24.8 Å². The molecular weight excluding hydrogens is 472 g/mol. The summed E-state index contributed by atoms with van der Waals surface area (Å²) < 4.78 is 64.6. The van der Waals surface area contributed by atoms with Crippen LogP contribution in [0.5, 0.6) is 5.75 Å². The van der Waals surface area contributed by atoms with Crippen molar-refractivity contribution in [3.8, 4) is 5.75 Å². The second-order valence-corrected chi connectivity index (χ2v) is 6.88. The van der Waals surface area contributed by atoms with E-state index in [9.17, 15) is 22.4 Å². The summed E-state index contributed by atoms with van der Waals surface area (Å²) >= 11 is 0. The first-order valence-corrected chi connectivity index (χ1v) is 10.4. The van der Waals surface area contributed by atoms with E-state index in [0.717, 1.165) is 0 Å². The molecule has 0 saturated heterocycles. The van der Waals surface area contributed by atoms with Gasteiger partial charge in [0.2, 0.25) is 0 Å². The highest BCUT2D eigenvalue weighted by Crippen LogP contribution is 2.33. The number of hydrogen-bond donors (Lipinski definition) is 3. The zero-order chi connectivity index (χ0) is 25.8. The van der Waals surface area contributed by atoms with E-state index in [4.69, 9.17) is 9.47 Å². The van der Waals surface area contributed by atoms with E-state index in [2.05, 4.69) is 32.3 Å². The molecule has 0 bridgehead atoms. The molecule has 0 aliphatic heterocycles. The number of carbonyl (C=O) groups is 1. The standard InChI is InChI=1S/C23H26F4N4O4/c1-4-28-20-14-18(34-12-11-33-3)13-19(24)21(20)15(2)30-16-5-7-17(8-6-16)31-22(32)29-9-10-35-23(25,26)27/h4-8,13-14,30H,2,9-12H2,1,3H3,(H2,29,31,32). The van der Waals surface area contributed by atoms with Crippen LogP contribution in [0.25, 0.3) is 5.70 Å². The van der Waals surface area contributed by atoms with Crippen molar-refractivity contribution in [1.29, 1.82) is 0 Å². The molecule has 0 saturated carbocycles. The van der Waals surface area contributed by atoms with Crippen molar-refractivity contribution in [1.82, 2.24) is 5.32 Å². The minimum atomic E-state index is -4.75. The number of halogens is 4. The summed E-state index contributed by atoms with van der Waals surface area (Å²) in [6.07, 6.45) is -3.23. The minimum absolute atomic E-state index is 0.157. The summed E-state index contributed by atoms with van der Waals surface area (Å²) in [6, 6.07) is 8.44. The molecule has 0 unspecified atom stereocenters. The molecule has 0 aliphatic carbocycles. The highest BCUT2D eigenvalue weighted by atomic mass is 19.4. The lowest BCUT2D eigenvalue weighted by Crippen LogP contribution is -2.32. The van der Waals surface area contributed by atoms with Gasteiger partial charge in [-0.15, -0.1) is 13.2 Å². The summed E-state index contributed by atoms with van der Waals surface area (Å²) in [5, 5.41) is 7.70. The number of ether oxygens (including phenoxy) is 3. The van der Waals surface area contributed by atoms with Crippen molar-refractivity contribution in [2.24, 2.45) is 4.99 Å². The van der Waals surface area contributed by atoms with Crippen LogP contribution in [0.2, 0.25) is 0 Å². The van der Waals surface area contributed by atoms with E-state index in [-0.39, 0.29) is 24.4 Å². The number of amides is 2. The fraction of sp³-hybridized carbons (Fsp3) is 0.304. The maximum Gasteiger partial charge on any atom is 0.522 e. The lowest BCUT2D eigenvalue weighted by molar-refractivity contribution is -0.323. The van der Waals surface area contributed by atoms with E-state index in [1.54, 1.807) is 37.3 Å². The largest absolute Gasteiger partial charge is 0.522 e. The molecule has 0 heterocycles. The Hall–Kier alpha value is -3.64. The Balaban J connectivity index is 1.99. The highest BCUT2D eigenvalue weighted by molar-refractivity contribution is 5.90. The third kappa shape index (κ3) is 9.63. The second-order valence-electron chi connectivity index (χ2n) is 6.88. The van der Waals surface area contributed by atoms with Crippen molar-refractivity contribution in [3.05, 3.63) is 54.4 Å². The fourth-order valence-electron chi connectivity index (χ4n) is 2.81. The van der Waals surface area contributed by atoms with Crippen LogP contribution in [0.15, 0.2) is 48.0 Å². The molecule has 35 heavy (non-hydrogen) atoms. The Morgan fingerprint density at radius 1 is 1.09 bits per heavy atom. The third-order valence-corrected chi connectivity index (χ3v) is 4.26. The van der Waals surface area contributed by atoms with Gasteiger partial charge in [-0.05, 0) is 31.2 Å². The first kappa shape index (κ1) is 27.6. The molecular formula is C23H26F4N4O4. The van der Waals surface area contributed by atoms with Gasteiger partial charge < -0.3 is 25.4 Å². The van der Waals surface area contributed by atoms with Crippen LogP contribution in [0.3, 0.4) is 0 Å². The molecule has 0 atom stereocenters. The lowest BCUT2D eigenvalue weighted by atomic mass is 10.1. The number of hydrogen-bond acceptors (Lipinski definition) is 6. The number of alkyl halides is 3. The van der Waals surface area contributed by atoms with Crippen molar-refractivity contribution >= 4 is 35.0 Å². The van der Waals surface area contributed by atoms with Crippen molar-refractivity contribution in [2.75, 3.05) is 44.1 Å². The van der Waals surface area contributed by atoms with Gasteiger partial charge in [0, 0.05) is 49.1 Å². The number of nitrogens with zero attached hydrogens (tertiary/aromatic N) is 1. The molecule has 2 amide bonds. The molecule has 2 aromatic carbocycles. The zero-order valence-electron chi connectivity index (χ0n) is 19.2. The molecule has 8 nitrogen and oxygen atoms in total. The third-order valence-electron chi connectivity index (χ3n) is 4.26. The summed E-state index contributed by atoms with van der Waals surface area (Å²) in [7, 11) is 1.53. The van der Waals surface area contributed by atoms with Crippen molar-refractivity contribution < 1.29 is 36.6 Å². The molecule has 0 aliphatic rings. The van der Waals surface area contributed by atoms with Crippen LogP contribution in [-0.2, 0) is 9.47 Å². The molecule has 2 aromatic rings. The summed E-state index contributed by atoms with van der Waals surface area (Å²) in [4.78, 5) is 16.0. The summed E-state index contributed by atoms with van der Waals surface area (Å²) in [5.74, 6) is -0.280. The topological polar surface area (TPSA) is 93.2 Å². The Kier molecular flexibility index (Phi) is 10.5. The molecule has 0 aromatic heterocycles. The molecule has 0 radical (unpaired) electrons. The van der Waals surface area contributed by atoms with E-state index in [1.807, 2.05) is 0 Å². The monoisotopic (exact) mass is 498 g/mol. The van der Waals surface area contributed by atoms with E-state index in [1.165, 1.54) is 19.4 Å². The van der Waals surface area contributed by atoms with E-state index >= 15 is 0 Å². The lowest BCUT2D eigenvalue weighted by Gasteiger charge is -2.15. The number of benzene rings is 2. The van der Waals surface area contributed by atoms with Gasteiger partial charge in [0.15, 0.2) is 0 Å². The summed E-state index contributed by atoms with van der Waals surface area (Å²) in [6.45, 7) is 5.17. The molecule has 0 fully saturated rings. The van der Waals surface area contributed by atoms with Gasteiger partial charge in [0.25, 0.3) is 0 Å². The van der Waals surface area contributed by atoms with Gasteiger partial charge in [-0.2, -0.15) is 0 Å². The average Bonchev–Trinajstić information content (AvgIpc) is 2.77. The minimum Gasteiger partial charge on any atom is -0.491 e. The first-order valence-electron chi connectivity index (χ1n) is 10.4. The number of rotatable bonds is 12. The van der Waals surface area contributed by atoms with Crippen LogP contribution in [0.4, 0.5) is 39.4 Å². The van der Waals surface area contributed by atoms with Gasteiger partial charge in [-0.1, -0.05) is 6.58 Å². The molecule has 12 heteroatoms. The fourth-order valence-corrected chi connectivity index (χ4v) is 2.81. The number of anilines is 2. The van der Waals surface area contributed by atoms with Crippen LogP contribution in [-0.4, -0.2) is 52.1 Å². The second kappa shape index (κ2) is 13.3. The molecule has 2 rings (SSSR count). The number of methoxy groups -OCH3 is 1. The Labute approximate surface area is 200 Å². The van der Waals surface area contributed by atoms with Crippen molar-refractivity contribution in [3.63, 3.8) is 0 Å². The summed E-state index contributed by atoms with van der Waals surface area (Å²) in [5.41, 5.74) is 1.66. The highest BCUT2D eigenvalue weighted by Gasteiger charge is 2.28. The molecule has 0 spiro atoms. The van der Waals surface area contributed by atoms with Crippen molar-refractivity contribution in [2.45, 2.75) is 13.3 Å². The zero-order valence-corrected chi connectivity index (χ0v) is 19.2. The first-order chi connectivity index (χ1) is 16.6. The normalized spacial score (nSPS) is 11.4. The Morgan fingerprint density at radius 2 is 1.74 bits per heavy atom. The van der Waals surface area contributed by atoms with Gasteiger partial charge in [-0.25, -0.2) is 9.18 Å². The SMILES string of the molecule is C=C(Nc1ccc(NC(=O)NCCOC(F)(F)F)cc1)c1c(F)cc(OCCOC)cc1N=CC. The Bertz CT molecular complexity index is 1030. The predicted octanol–water partition coefficient (Wildman–Crippen LogP) is 5.31. The van der Waals surface area contributed by atoms with Gasteiger partial charge in [-0.3, -0.25) is 9.73 Å². The molecule has 190 valence electrons. The van der Waals surface area contributed by atoms with Gasteiger partial charge in [0.05, 0.1) is 24.5 Å². The number of carbonyl (C=O) groups excluding carboxylic acids is 1. The van der Waals surface area contributed by atoms with E-state index in [0.29, 0.717) is 29.4 Å². The number of nitrogens with one attached hydrogen (secondary N) is 3. The smallest absolute Gasteiger partial charge is 0.491 e. The Morgan fingerprint density at radius 3 is 2.34 bits per heavy atom. The van der Waals surface area contributed by atoms with Crippen LogP contribution >= 0.6 is 0 Å².